The van der Waals surface area contributed by atoms with Crippen molar-refractivity contribution in [2.24, 2.45) is 0 Å². The average molecular weight is 460 g/mol. The highest BCUT2D eigenvalue weighted by molar-refractivity contribution is 7.80. The van der Waals surface area contributed by atoms with Crippen LogP contribution in [-0.4, -0.2) is 48.1 Å². The highest BCUT2D eigenvalue weighted by atomic mass is 32.1. The molecule has 0 unspecified atom stereocenters. The summed E-state index contributed by atoms with van der Waals surface area (Å²) in [6.07, 6.45) is 0. The van der Waals surface area contributed by atoms with Crippen LogP contribution in [0.2, 0.25) is 0 Å². The number of nitrogens with zero attached hydrogens (tertiary/aromatic N) is 1. The van der Waals surface area contributed by atoms with Crippen molar-refractivity contribution < 1.29 is 14.3 Å². The second-order valence-corrected chi connectivity index (χ2v) is 8.09. The molecule has 1 saturated heterocycles. The zero-order chi connectivity index (χ0) is 23.0. The standard InChI is InChI=1S/C26H25N3O3S/c30-24(23(19-7-3-1-4-8-19)20-9-5-2-6-10-20)28-26(33)27-22-13-11-21(12-14-22)25(31)29-15-17-32-18-16-29/h1-14,23H,15-18H2,(H2,27,28,30,33). The lowest BCUT2D eigenvalue weighted by atomic mass is 9.90. The van der Waals surface area contributed by atoms with Crippen molar-refractivity contribution in [1.29, 1.82) is 0 Å². The van der Waals surface area contributed by atoms with Gasteiger partial charge in [-0.3, -0.25) is 9.59 Å². The van der Waals surface area contributed by atoms with E-state index in [0.29, 0.717) is 37.6 Å². The van der Waals surface area contributed by atoms with Crippen LogP contribution in [0.25, 0.3) is 0 Å². The first-order valence-electron chi connectivity index (χ1n) is 10.8. The predicted octanol–water partition coefficient (Wildman–Crippen LogP) is 3.80. The SMILES string of the molecule is O=C(NC(=S)Nc1ccc(C(=O)N2CCOCC2)cc1)C(c1ccccc1)c1ccccc1. The number of nitrogens with one attached hydrogen (secondary N) is 2. The van der Waals surface area contributed by atoms with Gasteiger partial charge >= 0.3 is 0 Å². The maximum atomic E-state index is 13.2. The molecular weight excluding hydrogens is 434 g/mol. The summed E-state index contributed by atoms with van der Waals surface area (Å²) in [4.78, 5) is 27.5. The number of benzene rings is 3. The Kier molecular flexibility index (Phi) is 7.44. The Morgan fingerprint density at radius 3 is 1.91 bits per heavy atom. The van der Waals surface area contributed by atoms with Gasteiger partial charge in [0.15, 0.2) is 5.11 Å². The lowest BCUT2D eigenvalue weighted by Crippen LogP contribution is -2.40. The van der Waals surface area contributed by atoms with Gasteiger partial charge in [-0.05, 0) is 47.6 Å². The van der Waals surface area contributed by atoms with Crippen LogP contribution in [0.15, 0.2) is 84.9 Å². The minimum Gasteiger partial charge on any atom is -0.378 e. The molecular formula is C26H25N3O3S. The third-order valence-electron chi connectivity index (χ3n) is 5.45. The predicted molar refractivity (Wildman–Crippen MR) is 132 cm³/mol. The largest absolute Gasteiger partial charge is 0.378 e. The number of thiocarbonyl (C=S) groups is 1. The maximum absolute atomic E-state index is 13.2. The fraction of sp³-hybridized carbons (Fsp3) is 0.192. The van der Waals surface area contributed by atoms with Gasteiger partial charge < -0.3 is 20.3 Å². The number of hydrogen-bond donors (Lipinski definition) is 2. The molecule has 0 spiro atoms. The first-order chi connectivity index (χ1) is 16.1. The Hall–Kier alpha value is -3.55. The van der Waals surface area contributed by atoms with E-state index in [4.69, 9.17) is 17.0 Å². The molecule has 0 aromatic heterocycles. The van der Waals surface area contributed by atoms with E-state index in [0.717, 1.165) is 11.1 Å². The normalized spacial score (nSPS) is 13.4. The monoisotopic (exact) mass is 459 g/mol. The van der Waals surface area contributed by atoms with Crippen molar-refractivity contribution in [3.63, 3.8) is 0 Å². The van der Waals surface area contributed by atoms with Gasteiger partial charge in [-0.1, -0.05) is 60.7 Å². The molecule has 33 heavy (non-hydrogen) atoms. The van der Waals surface area contributed by atoms with Gasteiger partial charge in [-0.25, -0.2) is 0 Å². The smallest absolute Gasteiger partial charge is 0.254 e. The van der Waals surface area contributed by atoms with Gasteiger partial charge in [0.05, 0.1) is 19.1 Å². The van der Waals surface area contributed by atoms with E-state index < -0.39 is 5.92 Å². The van der Waals surface area contributed by atoms with Gasteiger partial charge in [0, 0.05) is 24.3 Å². The molecule has 1 aliphatic rings. The van der Waals surface area contributed by atoms with E-state index in [-0.39, 0.29) is 16.9 Å². The molecule has 0 radical (unpaired) electrons. The van der Waals surface area contributed by atoms with Crippen molar-refractivity contribution in [2.45, 2.75) is 5.92 Å². The number of carbonyl (C=O) groups excluding carboxylic acids is 2. The van der Waals surface area contributed by atoms with Crippen LogP contribution in [0.3, 0.4) is 0 Å². The molecule has 2 N–H and O–H groups in total. The second-order valence-electron chi connectivity index (χ2n) is 7.68. The number of ether oxygens (including phenoxy) is 1. The van der Waals surface area contributed by atoms with Gasteiger partial charge in [0.25, 0.3) is 5.91 Å². The van der Waals surface area contributed by atoms with E-state index in [1.807, 2.05) is 60.7 Å². The van der Waals surface area contributed by atoms with Crippen molar-refractivity contribution in [3.05, 3.63) is 102 Å². The number of rotatable bonds is 5. The van der Waals surface area contributed by atoms with Gasteiger partial charge in [0.1, 0.15) is 0 Å². The highest BCUT2D eigenvalue weighted by Gasteiger charge is 2.23. The van der Waals surface area contributed by atoms with Gasteiger partial charge in [-0.15, -0.1) is 0 Å². The molecule has 0 saturated carbocycles. The van der Waals surface area contributed by atoms with E-state index in [1.165, 1.54) is 0 Å². The van der Waals surface area contributed by atoms with Crippen molar-refractivity contribution in [3.8, 4) is 0 Å². The molecule has 168 valence electrons. The van der Waals surface area contributed by atoms with Crippen LogP contribution in [0.5, 0.6) is 0 Å². The summed E-state index contributed by atoms with van der Waals surface area (Å²) in [6.45, 7) is 2.32. The summed E-state index contributed by atoms with van der Waals surface area (Å²) in [5, 5.41) is 6.04. The van der Waals surface area contributed by atoms with Gasteiger partial charge in [0.2, 0.25) is 5.91 Å². The number of morpholine rings is 1. The summed E-state index contributed by atoms with van der Waals surface area (Å²) in [7, 11) is 0. The Labute approximate surface area is 198 Å². The first-order valence-corrected chi connectivity index (χ1v) is 11.2. The first kappa shape index (κ1) is 22.6. The minimum atomic E-state index is -0.485. The Balaban J connectivity index is 1.41. The number of anilines is 1. The van der Waals surface area contributed by atoms with Crippen LogP contribution < -0.4 is 10.6 Å². The summed E-state index contributed by atoms with van der Waals surface area (Å²) in [5.41, 5.74) is 3.06. The summed E-state index contributed by atoms with van der Waals surface area (Å²) in [5.74, 6) is -0.723. The molecule has 3 aromatic carbocycles. The topological polar surface area (TPSA) is 70.7 Å². The molecule has 0 atom stereocenters. The molecule has 7 heteroatoms. The molecule has 6 nitrogen and oxygen atoms in total. The molecule has 1 fully saturated rings. The van der Waals surface area contributed by atoms with E-state index >= 15 is 0 Å². The third kappa shape index (κ3) is 5.83. The lowest BCUT2D eigenvalue weighted by Gasteiger charge is -2.26. The van der Waals surface area contributed by atoms with Gasteiger partial charge in [-0.2, -0.15) is 0 Å². The van der Waals surface area contributed by atoms with Crippen molar-refractivity contribution in [1.82, 2.24) is 10.2 Å². The third-order valence-corrected chi connectivity index (χ3v) is 5.66. The number of carbonyl (C=O) groups is 2. The summed E-state index contributed by atoms with van der Waals surface area (Å²) >= 11 is 5.39. The second kappa shape index (κ2) is 10.8. The zero-order valence-electron chi connectivity index (χ0n) is 18.1. The molecule has 3 aromatic rings. The lowest BCUT2D eigenvalue weighted by molar-refractivity contribution is -0.120. The maximum Gasteiger partial charge on any atom is 0.254 e. The molecule has 1 aliphatic heterocycles. The van der Waals surface area contributed by atoms with Crippen LogP contribution in [0, 0.1) is 0 Å². The van der Waals surface area contributed by atoms with E-state index in [1.54, 1.807) is 29.2 Å². The molecule has 0 bridgehead atoms. The quantitative estimate of drug-likeness (QED) is 0.568. The van der Waals surface area contributed by atoms with Crippen LogP contribution in [0.1, 0.15) is 27.4 Å². The summed E-state index contributed by atoms with van der Waals surface area (Å²) in [6, 6.07) is 26.3. The molecule has 0 aliphatic carbocycles. The fourth-order valence-electron chi connectivity index (χ4n) is 3.78. The number of hydrogen-bond acceptors (Lipinski definition) is 4. The Bertz CT molecular complexity index is 1060. The number of amides is 2. The molecule has 2 amide bonds. The zero-order valence-corrected chi connectivity index (χ0v) is 18.9. The fourth-order valence-corrected chi connectivity index (χ4v) is 4.00. The van der Waals surface area contributed by atoms with E-state index in [9.17, 15) is 9.59 Å². The molecule has 4 rings (SSSR count). The van der Waals surface area contributed by atoms with Crippen molar-refractivity contribution in [2.75, 3.05) is 31.6 Å². The average Bonchev–Trinajstić information content (AvgIpc) is 2.86. The minimum absolute atomic E-state index is 0.0192. The van der Waals surface area contributed by atoms with Crippen LogP contribution >= 0.6 is 12.2 Å². The Morgan fingerprint density at radius 1 is 0.818 bits per heavy atom. The molecule has 1 heterocycles. The summed E-state index contributed by atoms with van der Waals surface area (Å²) < 4.78 is 5.30. The highest BCUT2D eigenvalue weighted by Crippen LogP contribution is 2.24. The van der Waals surface area contributed by atoms with E-state index in [2.05, 4.69) is 10.6 Å². The Morgan fingerprint density at radius 2 is 1.36 bits per heavy atom. The van der Waals surface area contributed by atoms with Crippen LogP contribution in [-0.2, 0) is 9.53 Å². The van der Waals surface area contributed by atoms with Crippen molar-refractivity contribution >= 4 is 34.8 Å². The van der Waals surface area contributed by atoms with Crippen LogP contribution in [0.4, 0.5) is 5.69 Å².